The molecule has 0 unspecified atom stereocenters. The standard InChI is InChI=1S/C15H23ClN2O/c1-17-10-13-9-14(16)3-4-15(13)18-7-5-12(6-8-18)11-19-2/h3-4,9,12,17H,5-8,10-11H2,1-2H3. The lowest BCUT2D eigenvalue weighted by atomic mass is 9.96. The van der Waals surface area contributed by atoms with Gasteiger partial charge in [-0.2, -0.15) is 0 Å². The third-order valence-electron chi connectivity index (χ3n) is 3.77. The largest absolute Gasteiger partial charge is 0.384 e. The molecule has 0 amide bonds. The molecule has 0 radical (unpaired) electrons. The van der Waals surface area contributed by atoms with Crippen molar-refractivity contribution in [3.8, 4) is 0 Å². The van der Waals surface area contributed by atoms with Crippen LogP contribution < -0.4 is 10.2 Å². The average molecular weight is 283 g/mol. The average Bonchev–Trinajstić information content (AvgIpc) is 2.41. The molecule has 19 heavy (non-hydrogen) atoms. The number of methoxy groups -OCH3 is 1. The smallest absolute Gasteiger partial charge is 0.0491 e. The first kappa shape index (κ1) is 14.6. The molecule has 4 heteroatoms. The van der Waals surface area contributed by atoms with E-state index in [4.69, 9.17) is 16.3 Å². The molecule has 0 aromatic heterocycles. The minimum Gasteiger partial charge on any atom is -0.384 e. The van der Waals surface area contributed by atoms with E-state index in [1.54, 1.807) is 7.11 Å². The van der Waals surface area contributed by atoms with Crippen molar-refractivity contribution in [2.24, 2.45) is 5.92 Å². The highest BCUT2D eigenvalue weighted by atomic mass is 35.5. The van der Waals surface area contributed by atoms with Crippen molar-refractivity contribution in [3.63, 3.8) is 0 Å². The van der Waals surface area contributed by atoms with Crippen LogP contribution in [0.25, 0.3) is 0 Å². The van der Waals surface area contributed by atoms with Crippen molar-refractivity contribution in [1.29, 1.82) is 0 Å². The van der Waals surface area contributed by atoms with Crippen molar-refractivity contribution >= 4 is 17.3 Å². The van der Waals surface area contributed by atoms with E-state index in [1.807, 2.05) is 13.1 Å². The Morgan fingerprint density at radius 2 is 2.11 bits per heavy atom. The van der Waals surface area contributed by atoms with Gasteiger partial charge >= 0.3 is 0 Å². The Balaban J connectivity index is 2.06. The Bertz CT molecular complexity index is 403. The second kappa shape index (κ2) is 7.13. The van der Waals surface area contributed by atoms with Crippen LogP contribution >= 0.6 is 11.6 Å². The lowest BCUT2D eigenvalue weighted by Crippen LogP contribution is -2.35. The van der Waals surface area contributed by atoms with Crippen molar-refractivity contribution < 1.29 is 4.74 Å². The zero-order valence-corrected chi connectivity index (χ0v) is 12.5. The fourth-order valence-corrected chi connectivity index (χ4v) is 2.97. The molecule has 106 valence electrons. The van der Waals surface area contributed by atoms with E-state index in [9.17, 15) is 0 Å². The van der Waals surface area contributed by atoms with Crippen LogP contribution in [-0.2, 0) is 11.3 Å². The monoisotopic (exact) mass is 282 g/mol. The molecule has 0 atom stereocenters. The van der Waals surface area contributed by atoms with Gasteiger partial charge in [-0.25, -0.2) is 0 Å². The second-order valence-corrected chi connectivity index (χ2v) is 5.63. The zero-order chi connectivity index (χ0) is 13.7. The van der Waals surface area contributed by atoms with Gasteiger partial charge in [-0.05, 0) is 49.6 Å². The number of rotatable bonds is 5. The predicted octanol–water partition coefficient (Wildman–Crippen LogP) is 2.92. The fraction of sp³-hybridized carbons (Fsp3) is 0.600. The van der Waals surface area contributed by atoms with Gasteiger partial charge in [-0.1, -0.05) is 11.6 Å². The molecule has 1 aromatic carbocycles. The van der Waals surface area contributed by atoms with Gasteiger partial charge in [0.05, 0.1) is 0 Å². The van der Waals surface area contributed by atoms with E-state index < -0.39 is 0 Å². The van der Waals surface area contributed by atoms with Gasteiger partial charge in [0.25, 0.3) is 0 Å². The Hall–Kier alpha value is -0.770. The number of hydrogen-bond donors (Lipinski definition) is 1. The lowest BCUT2D eigenvalue weighted by Gasteiger charge is -2.34. The molecule has 1 fully saturated rings. The molecule has 0 saturated carbocycles. The van der Waals surface area contributed by atoms with E-state index in [0.717, 1.165) is 31.3 Å². The summed E-state index contributed by atoms with van der Waals surface area (Å²) in [5.74, 6) is 0.710. The Morgan fingerprint density at radius 1 is 1.37 bits per heavy atom. The van der Waals surface area contributed by atoms with Crippen molar-refractivity contribution in [1.82, 2.24) is 5.32 Å². The van der Waals surface area contributed by atoms with E-state index in [-0.39, 0.29) is 0 Å². The molecule has 2 rings (SSSR count). The van der Waals surface area contributed by atoms with Gasteiger partial charge in [0.2, 0.25) is 0 Å². The van der Waals surface area contributed by atoms with E-state index in [1.165, 1.54) is 24.1 Å². The van der Waals surface area contributed by atoms with Crippen LogP contribution in [0.1, 0.15) is 18.4 Å². The molecular formula is C15H23ClN2O. The molecule has 1 aliphatic heterocycles. The van der Waals surface area contributed by atoms with Crippen molar-refractivity contribution in [3.05, 3.63) is 28.8 Å². The third kappa shape index (κ3) is 3.85. The molecule has 1 saturated heterocycles. The normalized spacial score (nSPS) is 16.9. The van der Waals surface area contributed by atoms with Crippen LogP contribution in [0.3, 0.4) is 0 Å². The summed E-state index contributed by atoms with van der Waals surface area (Å²) in [7, 11) is 3.76. The van der Waals surface area contributed by atoms with Crippen molar-refractivity contribution in [2.45, 2.75) is 19.4 Å². The molecular weight excluding hydrogens is 260 g/mol. The summed E-state index contributed by atoms with van der Waals surface area (Å²) in [6.07, 6.45) is 2.41. The summed E-state index contributed by atoms with van der Waals surface area (Å²) >= 11 is 6.09. The Morgan fingerprint density at radius 3 is 2.74 bits per heavy atom. The second-order valence-electron chi connectivity index (χ2n) is 5.19. The molecule has 1 aliphatic rings. The van der Waals surface area contributed by atoms with E-state index in [0.29, 0.717) is 5.92 Å². The van der Waals surface area contributed by atoms with Gasteiger partial charge in [0, 0.05) is 44.1 Å². The first-order valence-corrected chi connectivity index (χ1v) is 7.29. The van der Waals surface area contributed by atoms with E-state index >= 15 is 0 Å². The van der Waals surface area contributed by atoms with Gasteiger partial charge < -0.3 is 15.0 Å². The van der Waals surface area contributed by atoms with Gasteiger partial charge in [0.15, 0.2) is 0 Å². The maximum absolute atomic E-state index is 6.09. The lowest BCUT2D eigenvalue weighted by molar-refractivity contribution is 0.139. The van der Waals surface area contributed by atoms with Crippen molar-refractivity contribution in [2.75, 3.05) is 38.8 Å². The summed E-state index contributed by atoms with van der Waals surface area (Å²) in [6, 6.07) is 6.19. The minimum atomic E-state index is 0.710. The minimum absolute atomic E-state index is 0.710. The number of nitrogens with zero attached hydrogens (tertiary/aromatic N) is 1. The maximum atomic E-state index is 6.09. The van der Waals surface area contributed by atoms with E-state index in [2.05, 4.69) is 22.3 Å². The summed E-state index contributed by atoms with van der Waals surface area (Å²) in [5.41, 5.74) is 2.59. The number of piperidine rings is 1. The quantitative estimate of drug-likeness (QED) is 0.899. The topological polar surface area (TPSA) is 24.5 Å². The SMILES string of the molecule is CNCc1cc(Cl)ccc1N1CCC(COC)CC1. The van der Waals surface area contributed by atoms with Gasteiger partial charge in [-0.3, -0.25) is 0 Å². The summed E-state index contributed by atoms with van der Waals surface area (Å²) < 4.78 is 5.25. The summed E-state index contributed by atoms with van der Waals surface area (Å²) in [5, 5.41) is 4.02. The maximum Gasteiger partial charge on any atom is 0.0491 e. The molecule has 0 spiro atoms. The predicted molar refractivity (Wildman–Crippen MR) is 81.0 cm³/mol. The number of anilines is 1. The van der Waals surface area contributed by atoms with Crippen LogP contribution in [-0.4, -0.2) is 33.9 Å². The molecule has 0 bridgehead atoms. The Labute approximate surface area is 120 Å². The number of benzene rings is 1. The number of nitrogens with one attached hydrogen (secondary N) is 1. The van der Waals surface area contributed by atoms with Crippen LogP contribution in [0.5, 0.6) is 0 Å². The molecule has 1 aromatic rings. The number of ether oxygens (including phenoxy) is 1. The number of hydrogen-bond acceptors (Lipinski definition) is 3. The molecule has 1 N–H and O–H groups in total. The van der Waals surface area contributed by atoms with Crippen LogP contribution in [0.2, 0.25) is 5.02 Å². The van der Waals surface area contributed by atoms with Crippen LogP contribution in [0.15, 0.2) is 18.2 Å². The molecule has 0 aliphatic carbocycles. The summed E-state index contributed by atoms with van der Waals surface area (Å²) in [4.78, 5) is 2.47. The number of halogens is 1. The first-order valence-electron chi connectivity index (χ1n) is 6.91. The molecule has 3 nitrogen and oxygen atoms in total. The summed E-state index contributed by atoms with van der Waals surface area (Å²) in [6.45, 7) is 3.95. The Kier molecular flexibility index (Phi) is 5.49. The highest BCUT2D eigenvalue weighted by molar-refractivity contribution is 6.30. The first-order chi connectivity index (χ1) is 9.24. The van der Waals surface area contributed by atoms with Crippen LogP contribution in [0.4, 0.5) is 5.69 Å². The fourth-order valence-electron chi connectivity index (χ4n) is 2.77. The van der Waals surface area contributed by atoms with Gasteiger partial charge in [-0.15, -0.1) is 0 Å². The third-order valence-corrected chi connectivity index (χ3v) is 4.00. The van der Waals surface area contributed by atoms with Crippen LogP contribution in [0, 0.1) is 5.92 Å². The van der Waals surface area contributed by atoms with Gasteiger partial charge in [0.1, 0.15) is 0 Å². The zero-order valence-electron chi connectivity index (χ0n) is 11.8. The molecule has 1 heterocycles. The highest BCUT2D eigenvalue weighted by Crippen LogP contribution is 2.28. The highest BCUT2D eigenvalue weighted by Gasteiger charge is 2.20.